The molecular formula is C31H29ClF3N3O2. The third kappa shape index (κ3) is 5.17. The van der Waals surface area contributed by atoms with E-state index in [1.54, 1.807) is 16.7 Å². The first-order valence-electron chi connectivity index (χ1n) is 13.5. The number of aromatic nitrogens is 2. The van der Waals surface area contributed by atoms with Gasteiger partial charge in [-0.1, -0.05) is 30.7 Å². The summed E-state index contributed by atoms with van der Waals surface area (Å²) in [4.78, 5) is 20.1. The number of imidazole rings is 1. The van der Waals surface area contributed by atoms with E-state index < -0.39 is 11.7 Å². The minimum Gasteiger partial charge on any atom is -0.490 e. The quantitative estimate of drug-likeness (QED) is 0.208. The zero-order valence-corrected chi connectivity index (χ0v) is 22.8. The van der Waals surface area contributed by atoms with Gasteiger partial charge in [-0.3, -0.25) is 9.20 Å². The second kappa shape index (κ2) is 10.1. The van der Waals surface area contributed by atoms with Gasteiger partial charge >= 0.3 is 6.18 Å². The SMILES string of the molecule is CCc1nc2ccc(Cl)cn2c1C(=O)CCc1ccc(N2CC3(CC(Oc4ccc(C(F)(F)F)cc4)C3)C2)cc1. The summed E-state index contributed by atoms with van der Waals surface area (Å²) < 4.78 is 46.0. The minimum atomic E-state index is -4.34. The number of alkyl halides is 3. The molecular weight excluding hydrogens is 539 g/mol. The summed E-state index contributed by atoms with van der Waals surface area (Å²) in [7, 11) is 0. The van der Waals surface area contributed by atoms with E-state index in [1.165, 1.54) is 12.1 Å². The van der Waals surface area contributed by atoms with Gasteiger partial charge in [0.25, 0.3) is 0 Å². The molecule has 0 unspecified atom stereocenters. The van der Waals surface area contributed by atoms with Crippen molar-refractivity contribution in [2.24, 2.45) is 5.41 Å². The fourth-order valence-corrected chi connectivity index (χ4v) is 6.13. The molecule has 0 atom stereocenters. The number of Topliss-reactive ketones (excluding diaryl/α,β-unsaturated/α-hetero) is 1. The molecule has 0 radical (unpaired) electrons. The number of rotatable bonds is 8. The second-order valence-corrected chi connectivity index (χ2v) is 11.4. The number of pyridine rings is 1. The molecule has 1 saturated heterocycles. The van der Waals surface area contributed by atoms with E-state index in [-0.39, 0.29) is 17.3 Å². The number of carbonyl (C=O) groups is 1. The molecule has 40 heavy (non-hydrogen) atoms. The van der Waals surface area contributed by atoms with Crippen molar-refractivity contribution in [3.63, 3.8) is 0 Å². The van der Waals surface area contributed by atoms with Crippen molar-refractivity contribution in [3.05, 3.63) is 94.4 Å². The van der Waals surface area contributed by atoms with Crippen LogP contribution in [0.3, 0.4) is 0 Å². The van der Waals surface area contributed by atoms with Gasteiger partial charge in [-0.2, -0.15) is 13.2 Å². The van der Waals surface area contributed by atoms with Crippen LogP contribution in [0.4, 0.5) is 18.9 Å². The Kier molecular flexibility index (Phi) is 6.77. The van der Waals surface area contributed by atoms with Gasteiger partial charge in [0.2, 0.25) is 0 Å². The summed E-state index contributed by atoms with van der Waals surface area (Å²) in [5, 5.41) is 0.564. The second-order valence-electron chi connectivity index (χ2n) is 11.0. The largest absolute Gasteiger partial charge is 0.490 e. The highest BCUT2D eigenvalue weighted by molar-refractivity contribution is 6.30. The fourth-order valence-electron chi connectivity index (χ4n) is 5.97. The van der Waals surface area contributed by atoms with E-state index in [4.69, 9.17) is 16.3 Å². The maximum atomic E-state index is 13.2. The number of fused-ring (bicyclic) bond motifs is 1. The summed E-state index contributed by atoms with van der Waals surface area (Å²) >= 11 is 6.16. The molecule has 2 aromatic carbocycles. The molecule has 2 aliphatic rings. The Morgan fingerprint density at radius 3 is 2.40 bits per heavy atom. The molecule has 1 saturated carbocycles. The van der Waals surface area contributed by atoms with Crippen LogP contribution in [0.2, 0.25) is 5.02 Å². The molecule has 1 spiro atoms. The van der Waals surface area contributed by atoms with Crippen LogP contribution in [0.1, 0.15) is 53.5 Å². The summed E-state index contributed by atoms with van der Waals surface area (Å²) in [6, 6.07) is 16.9. The number of ether oxygens (including phenoxy) is 1. The number of ketones is 1. The Labute approximate surface area is 235 Å². The van der Waals surface area contributed by atoms with Crippen LogP contribution >= 0.6 is 11.6 Å². The zero-order chi connectivity index (χ0) is 28.1. The van der Waals surface area contributed by atoms with E-state index in [2.05, 4.69) is 34.1 Å². The Hall–Kier alpha value is -3.52. The topological polar surface area (TPSA) is 46.8 Å². The fraction of sp³-hybridized carbons (Fsp3) is 0.355. The van der Waals surface area contributed by atoms with Crippen LogP contribution in [0.15, 0.2) is 66.9 Å². The van der Waals surface area contributed by atoms with Crippen molar-refractivity contribution in [1.82, 2.24) is 9.38 Å². The maximum Gasteiger partial charge on any atom is 0.416 e. The average molecular weight is 568 g/mol. The van der Waals surface area contributed by atoms with Crippen molar-refractivity contribution in [3.8, 4) is 5.75 Å². The third-order valence-corrected chi connectivity index (χ3v) is 8.28. The van der Waals surface area contributed by atoms with E-state index >= 15 is 0 Å². The molecule has 4 aromatic rings. The molecule has 2 fully saturated rings. The summed E-state index contributed by atoms with van der Waals surface area (Å²) in [6.45, 7) is 3.87. The Morgan fingerprint density at radius 1 is 1.05 bits per heavy atom. The zero-order valence-electron chi connectivity index (χ0n) is 22.0. The number of anilines is 1. The molecule has 0 N–H and O–H groups in total. The standard InChI is InChI=1S/C31H29ClF3N3O2/c1-2-26-29(38-17-22(32)8-14-28(38)36-26)27(39)13-5-20-3-9-23(10-4-20)37-18-30(19-37)15-25(16-30)40-24-11-6-21(7-12-24)31(33,34)35/h3-4,6-12,14,17,25H,2,5,13,15-16,18-19H2,1H3. The molecule has 1 aliphatic carbocycles. The lowest BCUT2D eigenvalue weighted by Crippen LogP contribution is -2.64. The third-order valence-electron chi connectivity index (χ3n) is 8.05. The summed E-state index contributed by atoms with van der Waals surface area (Å²) in [6.07, 6.45) is 0.954. The number of hydrogen-bond acceptors (Lipinski definition) is 4. The van der Waals surface area contributed by atoms with Crippen molar-refractivity contribution in [2.45, 2.75) is 51.3 Å². The van der Waals surface area contributed by atoms with Gasteiger partial charge in [-0.25, -0.2) is 4.98 Å². The molecule has 1 aliphatic heterocycles. The number of hydrogen-bond donors (Lipinski definition) is 0. The van der Waals surface area contributed by atoms with Crippen LogP contribution in [0, 0.1) is 5.41 Å². The van der Waals surface area contributed by atoms with Crippen LogP contribution in [-0.4, -0.2) is 34.4 Å². The van der Waals surface area contributed by atoms with Gasteiger partial charge in [0, 0.05) is 36.8 Å². The molecule has 3 heterocycles. The summed E-state index contributed by atoms with van der Waals surface area (Å²) in [5.74, 6) is 0.535. The van der Waals surface area contributed by atoms with Crippen LogP contribution in [0.5, 0.6) is 5.75 Å². The van der Waals surface area contributed by atoms with Gasteiger partial charge in [0.15, 0.2) is 5.78 Å². The molecule has 208 valence electrons. The Balaban J connectivity index is 0.992. The lowest BCUT2D eigenvalue weighted by Gasteiger charge is -2.59. The van der Waals surface area contributed by atoms with Crippen LogP contribution in [0.25, 0.3) is 5.65 Å². The van der Waals surface area contributed by atoms with Crippen molar-refractivity contribution >= 4 is 28.7 Å². The Morgan fingerprint density at radius 2 is 1.75 bits per heavy atom. The van der Waals surface area contributed by atoms with Gasteiger partial charge < -0.3 is 9.64 Å². The number of aryl methyl sites for hydroxylation is 2. The predicted molar refractivity (Wildman–Crippen MR) is 148 cm³/mol. The van der Waals surface area contributed by atoms with Crippen molar-refractivity contribution in [2.75, 3.05) is 18.0 Å². The van der Waals surface area contributed by atoms with E-state index in [0.29, 0.717) is 35.7 Å². The highest BCUT2D eigenvalue weighted by Gasteiger charge is 2.53. The summed E-state index contributed by atoms with van der Waals surface area (Å²) in [5.41, 5.74) is 3.94. The van der Waals surface area contributed by atoms with Gasteiger partial charge in [0.1, 0.15) is 23.2 Å². The number of halogens is 4. The van der Waals surface area contributed by atoms with Gasteiger partial charge in [0.05, 0.1) is 16.3 Å². The Bertz CT molecular complexity index is 1530. The molecule has 5 nitrogen and oxygen atoms in total. The van der Waals surface area contributed by atoms with Crippen molar-refractivity contribution in [1.29, 1.82) is 0 Å². The lowest BCUT2D eigenvalue weighted by atomic mass is 9.61. The van der Waals surface area contributed by atoms with Gasteiger partial charge in [-0.15, -0.1) is 0 Å². The lowest BCUT2D eigenvalue weighted by molar-refractivity contribution is -0.137. The number of carbonyl (C=O) groups excluding carboxylic acids is 1. The first-order chi connectivity index (χ1) is 19.1. The first-order valence-corrected chi connectivity index (χ1v) is 13.9. The highest BCUT2D eigenvalue weighted by Crippen LogP contribution is 2.51. The average Bonchev–Trinajstić information content (AvgIpc) is 3.26. The minimum absolute atomic E-state index is 0.0379. The number of benzene rings is 2. The van der Waals surface area contributed by atoms with Crippen LogP contribution < -0.4 is 9.64 Å². The monoisotopic (exact) mass is 567 g/mol. The molecule has 2 aromatic heterocycles. The first kappa shape index (κ1) is 26.7. The van der Waals surface area contributed by atoms with Crippen molar-refractivity contribution < 1.29 is 22.7 Å². The molecule has 0 amide bonds. The normalized spacial score (nSPS) is 16.7. The van der Waals surface area contributed by atoms with E-state index in [1.807, 2.05) is 13.0 Å². The van der Waals surface area contributed by atoms with E-state index in [0.717, 1.165) is 60.7 Å². The van der Waals surface area contributed by atoms with Gasteiger partial charge in [-0.05, 0) is 79.8 Å². The maximum absolute atomic E-state index is 13.2. The molecule has 0 bridgehead atoms. The van der Waals surface area contributed by atoms with E-state index in [9.17, 15) is 18.0 Å². The molecule has 9 heteroatoms. The predicted octanol–water partition coefficient (Wildman–Crippen LogP) is 7.43. The number of nitrogens with zero attached hydrogens (tertiary/aromatic N) is 3. The molecule has 6 rings (SSSR count). The highest BCUT2D eigenvalue weighted by atomic mass is 35.5. The smallest absolute Gasteiger partial charge is 0.416 e. The van der Waals surface area contributed by atoms with Crippen LogP contribution in [-0.2, 0) is 19.0 Å².